The summed E-state index contributed by atoms with van der Waals surface area (Å²) in [5, 5.41) is 2.02. The molecule has 0 aliphatic carbocycles. The van der Waals surface area contributed by atoms with Crippen molar-refractivity contribution in [2.24, 2.45) is 0 Å². The first-order valence-electron chi connectivity index (χ1n) is 7.74. The lowest BCUT2D eigenvalue weighted by Crippen LogP contribution is -2.61. The SMILES string of the molecule is O=C(Cc1cccs1)N1CC2(CC(Oc3ccccn3)CS2)C1. The average Bonchev–Trinajstić information content (AvgIpc) is 3.16. The van der Waals surface area contributed by atoms with Gasteiger partial charge in [-0.05, 0) is 17.5 Å². The fourth-order valence-corrected chi connectivity index (χ4v) is 5.41. The van der Waals surface area contributed by atoms with Gasteiger partial charge >= 0.3 is 0 Å². The third-order valence-corrected chi connectivity index (χ3v) is 6.77. The van der Waals surface area contributed by atoms with E-state index in [1.807, 2.05) is 52.4 Å². The molecule has 0 N–H and O–H groups in total. The molecule has 0 aromatic carbocycles. The molecule has 1 atom stereocenters. The van der Waals surface area contributed by atoms with E-state index < -0.39 is 0 Å². The highest BCUT2D eigenvalue weighted by atomic mass is 32.2. The molecule has 2 aromatic rings. The third-order valence-electron chi connectivity index (χ3n) is 4.32. The van der Waals surface area contributed by atoms with Crippen molar-refractivity contribution < 1.29 is 9.53 Å². The molecule has 2 aliphatic rings. The number of pyridine rings is 1. The number of carbonyl (C=O) groups is 1. The fourth-order valence-electron chi connectivity index (χ4n) is 3.19. The van der Waals surface area contributed by atoms with Crippen LogP contribution in [0.15, 0.2) is 41.9 Å². The van der Waals surface area contributed by atoms with E-state index in [-0.39, 0.29) is 16.8 Å². The van der Waals surface area contributed by atoms with Crippen LogP contribution in [-0.2, 0) is 11.2 Å². The van der Waals surface area contributed by atoms with E-state index in [0.717, 1.165) is 30.1 Å². The predicted molar refractivity (Wildman–Crippen MR) is 93.1 cm³/mol. The van der Waals surface area contributed by atoms with Crippen LogP contribution in [0.25, 0.3) is 0 Å². The Morgan fingerprint density at radius 3 is 3.00 bits per heavy atom. The zero-order valence-electron chi connectivity index (χ0n) is 12.7. The number of thioether (sulfide) groups is 1. The normalized spacial score (nSPS) is 22.1. The molecule has 0 bridgehead atoms. The lowest BCUT2D eigenvalue weighted by atomic mass is 9.92. The Morgan fingerprint density at radius 2 is 2.26 bits per heavy atom. The highest BCUT2D eigenvalue weighted by molar-refractivity contribution is 8.01. The number of amides is 1. The van der Waals surface area contributed by atoms with Gasteiger partial charge < -0.3 is 9.64 Å². The molecule has 0 saturated carbocycles. The van der Waals surface area contributed by atoms with Crippen LogP contribution in [0, 0.1) is 0 Å². The van der Waals surface area contributed by atoms with Crippen molar-refractivity contribution in [2.45, 2.75) is 23.7 Å². The Hall–Kier alpha value is -1.53. The lowest BCUT2D eigenvalue weighted by molar-refractivity contribution is -0.135. The Morgan fingerprint density at radius 1 is 1.35 bits per heavy atom. The summed E-state index contributed by atoms with van der Waals surface area (Å²) in [7, 11) is 0. The number of aromatic nitrogens is 1. The zero-order valence-corrected chi connectivity index (χ0v) is 14.3. The summed E-state index contributed by atoms with van der Waals surface area (Å²) in [6, 6.07) is 9.75. The lowest BCUT2D eigenvalue weighted by Gasteiger charge is -2.47. The largest absolute Gasteiger partial charge is 0.473 e. The topological polar surface area (TPSA) is 42.4 Å². The van der Waals surface area contributed by atoms with Crippen LogP contribution >= 0.6 is 23.1 Å². The maximum Gasteiger partial charge on any atom is 0.227 e. The number of hydrogen-bond acceptors (Lipinski definition) is 5. The summed E-state index contributed by atoms with van der Waals surface area (Å²) in [5.41, 5.74) is 0. The Labute approximate surface area is 143 Å². The summed E-state index contributed by atoms with van der Waals surface area (Å²) in [5.74, 6) is 1.91. The quantitative estimate of drug-likeness (QED) is 0.854. The third kappa shape index (κ3) is 3.23. The van der Waals surface area contributed by atoms with Crippen LogP contribution in [-0.4, -0.2) is 45.5 Å². The second kappa shape index (κ2) is 6.17. The number of nitrogens with zero attached hydrogens (tertiary/aromatic N) is 2. The fraction of sp³-hybridized carbons (Fsp3) is 0.412. The van der Waals surface area contributed by atoms with E-state index in [2.05, 4.69) is 4.98 Å². The molecule has 1 unspecified atom stereocenters. The minimum absolute atomic E-state index is 0.199. The van der Waals surface area contributed by atoms with Crippen LogP contribution in [0.2, 0.25) is 0 Å². The molecule has 2 aromatic heterocycles. The van der Waals surface area contributed by atoms with Gasteiger partial charge in [0.05, 0.1) is 11.2 Å². The van der Waals surface area contributed by atoms with Crippen molar-refractivity contribution >= 4 is 29.0 Å². The zero-order chi connectivity index (χ0) is 15.7. The predicted octanol–water partition coefficient (Wildman–Crippen LogP) is 2.85. The number of thiophene rings is 1. The van der Waals surface area contributed by atoms with E-state index in [1.165, 1.54) is 0 Å². The first kappa shape index (κ1) is 15.0. The molecule has 4 rings (SSSR count). The van der Waals surface area contributed by atoms with E-state index in [4.69, 9.17) is 4.74 Å². The maximum absolute atomic E-state index is 12.3. The number of hydrogen-bond donors (Lipinski definition) is 0. The van der Waals surface area contributed by atoms with Gasteiger partial charge in [-0.15, -0.1) is 23.1 Å². The van der Waals surface area contributed by atoms with Gasteiger partial charge in [0.1, 0.15) is 6.10 Å². The minimum atomic E-state index is 0.199. The Kier molecular flexibility index (Phi) is 4.03. The van der Waals surface area contributed by atoms with Crippen LogP contribution < -0.4 is 4.74 Å². The Balaban J connectivity index is 1.28. The van der Waals surface area contributed by atoms with Gasteiger partial charge in [-0.3, -0.25) is 4.79 Å². The van der Waals surface area contributed by atoms with Gasteiger partial charge in [-0.25, -0.2) is 4.98 Å². The first-order valence-corrected chi connectivity index (χ1v) is 9.61. The smallest absolute Gasteiger partial charge is 0.227 e. The molecular weight excluding hydrogens is 328 g/mol. The highest BCUT2D eigenvalue weighted by Gasteiger charge is 2.51. The molecular formula is C17H18N2O2S2. The van der Waals surface area contributed by atoms with E-state index in [0.29, 0.717) is 12.3 Å². The standard InChI is InChI=1S/C17H18N2O2S2/c20-16(8-14-4-3-7-22-14)19-11-17(12-19)9-13(10-23-17)21-15-5-1-2-6-18-15/h1-7,13H,8-12H2. The highest BCUT2D eigenvalue weighted by Crippen LogP contribution is 2.46. The van der Waals surface area contributed by atoms with Gasteiger partial charge in [-0.1, -0.05) is 12.1 Å². The van der Waals surface area contributed by atoms with Crippen LogP contribution in [0.4, 0.5) is 0 Å². The first-order chi connectivity index (χ1) is 11.2. The number of ether oxygens (including phenoxy) is 1. The number of rotatable bonds is 4. The molecule has 1 spiro atoms. The molecule has 120 valence electrons. The average molecular weight is 346 g/mol. The number of likely N-dealkylation sites (tertiary alicyclic amines) is 1. The minimum Gasteiger partial charge on any atom is -0.473 e. The van der Waals surface area contributed by atoms with Crippen molar-refractivity contribution in [1.82, 2.24) is 9.88 Å². The van der Waals surface area contributed by atoms with Gasteiger partial charge in [0.25, 0.3) is 0 Å². The Bertz CT molecular complexity index is 669. The van der Waals surface area contributed by atoms with Gasteiger partial charge in [0, 0.05) is 42.4 Å². The van der Waals surface area contributed by atoms with Gasteiger partial charge in [-0.2, -0.15) is 0 Å². The van der Waals surface area contributed by atoms with Crippen molar-refractivity contribution in [1.29, 1.82) is 0 Å². The van der Waals surface area contributed by atoms with Crippen LogP contribution in [0.3, 0.4) is 0 Å². The van der Waals surface area contributed by atoms with Crippen LogP contribution in [0.1, 0.15) is 11.3 Å². The number of carbonyl (C=O) groups excluding carboxylic acids is 1. The summed E-state index contributed by atoms with van der Waals surface area (Å²) in [6.45, 7) is 1.70. The molecule has 1 amide bonds. The summed E-state index contributed by atoms with van der Waals surface area (Å²) in [4.78, 5) is 19.6. The maximum atomic E-state index is 12.3. The summed E-state index contributed by atoms with van der Waals surface area (Å²) in [6.07, 6.45) is 3.48. The van der Waals surface area contributed by atoms with Gasteiger partial charge in [0.15, 0.2) is 0 Å². The van der Waals surface area contributed by atoms with Crippen molar-refractivity contribution in [3.05, 3.63) is 46.8 Å². The second-order valence-corrected chi connectivity index (χ2v) is 8.63. The molecule has 0 radical (unpaired) electrons. The monoisotopic (exact) mass is 346 g/mol. The van der Waals surface area contributed by atoms with Gasteiger partial charge in [0.2, 0.25) is 11.8 Å². The van der Waals surface area contributed by atoms with Crippen molar-refractivity contribution in [3.8, 4) is 5.88 Å². The molecule has 4 nitrogen and oxygen atoms in total. The van der Waals surface area contributed by atoms with Crippen molar-refractivity contribution in [2.75, 3.05) is 18.8 Å². The van der Waals surface area contributed by atoms with Crippen LogP contribution in [0.5, 0.6) is 5.88 Å². The molecule has 2 aliphatic heterocycles. The van der Waals surface area contributed by atoms with E-state index in [1.54, 1.807) is 17.5 Å². The van der Waals surface area contributed by atoms with E-state index in [9.17, 15) is 4.79 Å². The molecule has 6 heteroatoms. The molecule has 23 heavy (non-hydrogen) atoms. The second-order valence-electron chi connectivity index (χ2n) is 6.11. The van der Waals surface area contributed by atoms with Crippen molar-refractivity contribution in [3.63, 3.8) is 0 Å². The molecule has 2 fully saturated rings. The van der Waals surface area contributed by atoms with E-state index >= 15 is 0 Å². The summed E-state index contributed by atoms with van der Waals surface area (Å²) >= 11 is 3.59. The summed E-state index contributed by atoms with van der Waals surface area (Å²) < 4.78 is 6.15. The molecule has 4 heterocycles. The molecule has 2 saturated heterocycles.